The molecule has 1 aromatic carbocycles. The molecular weight excluding hydrogens is 209 g/mol. The van der Waals surface area contributed by atoms with Crippen molar-refractivity contribution in [3.8, 4) is 0 Å². The first-order chi connectivity index (χ1) is 6.17. The fraction of sp³-hybridized carbons (Fsp3) is 0.111. The standard InChI is InChI=1S/C9H5Cl2NO/c10-8-6-3-1-2-4-7(6)9(11,5-13)12-8/h1-5H. The zero-order valence-corrected chi connectivity index (χ0v) is 8.01. The van der Waals surface area contributed by atoms with Crippen LogP contribution in [0, 0.1) is 0 Å². The lowest BCUT2D eigenvalue weighted by molar-refractivity contribution is -0.110. The molecule has 0 fully saturated rings. The molecule has 1 heterocycles. The topological polar surface area (TPSA) is 29.4 Å². The number of rotatable bonds is 1. The van der Waals surface area contributed by atoms with Crippen LogP contribution in [-0.2, 0) is 9.79 Å². The molecule has 2 rings (SSSR count). The summed E-state index contributed by atoms with van der Waals surface area (Å²) < 4.78 is 0. The van der Waals surface area contributed by atoms with E-state index in [1.165, 1.54) is 0 Å². The number of hydrogen-bond donors (Lipinski definition) is 0. The van der Waals surface area contributed by atoms with Crippen LogP contribution >= 0.6 is 23.2 Å². The van der Waals surface area contributed by atoms with E-state index in [0.29, 0.717) is 11.8 Å². The maximum atomic E-state index is 10.7. The molecule has 1 aliphatic heterocycles. The summed E-state index contributed by atoms with van der Waals surface area (Å²) in [5.74, 6) is 0. The molecule has 0 N–H and O–H groups in total. The van der Waals surface area contributed by atoms with Gasteiger partial charge in [0.2, 0.25) is 5.00 Å². The second-order valence-electron chi connectivity index (χ2n) is 2.74. The second kappa shape index (κ2) is 2.82. The van der Waals surface area contributed by atoms with Crippen molar-refractivity contribution in [1.82, 2.24) is 0 Å². The van der Waals surface area contributed by atoms with Crippen LogP contribution in [0.3, 0.4) is 0 Å². The molecule has 0 saturated heterocycles. The van der Waals surface area contributed by atoms with E-state index in [2.05, 4.69) is 4.99 Å². The van der Waals surface area contributed by atoms with Gasteiger partial charge in [-0.25, -0.2) is 4.99 Å². The van der Waals surface area contributed by atoms with Crippen molar-refractivity contribution in [3.05, 3.63) is 35.4 Å². The molecule has 0 saturated carbocycles. The summed E-state index contributed by atoms with van der Waals surface area (Å²) in [5, 5.41) is 0.290. The van der Waals surface area contributed by atoms with Crippen molar-refractivity contribution >= 4 is 34.7 Å². The smallest absolute Gasteiger partial charge is 0.216 e. The van der Waals surface area contributed by atoms with Gasteiger partial charge in [-0.1, -0.05) is 47.5 Å². The van der Waals surface area contributed by atoms with E-state index in [1.54, 1.807) is 18.2 Å². The fourth-order valence-corrected chi connectivity index (χ4v) is 1.91. The van der Waals surface area contributed by atoms with Gasteiger partial charge in [0.05, 0.1) is 0 Å². The lowest BCUT2D eigenvalue weighted by atomic mass is 10.1. The Balaban J connectivity index is 2.69. The average molecular weight is 214 g/mol. The summed E-state index contributed by atoms with van der Waals surface area (Å²) in [4.78, 5) is 13.3. The Labute approximate surface area is 85.2 Å². The molecule has 66 valence electrons. The van der Waals surface area contributed by atoms with Crippen molar-refractivity contribution in [2.24, 2.45) is 4.99 Å². The summed E-state index contributed by atoms with van der Waals surface area (Å²) in [6, 6.07) is 7.15. The molecule has 0 aromatic heterocycles. The Bertz CT molecular complexity index is 402. The van der Waals surface area contributed by atoms with E-state index < -0.39 is 5.00 Å². The van der Waals surface area contributed by atoms with Crippen LogP contribution in [0.4, 0.5) is 0 Å². The van der Waals surface area contributed by atoms with E-state index in [0.717, 1.165) is 5.56 Å². The minimum Gasteiger partial charge on any atom is -0.299 e. The zero-order chi connectivity index (χ0) is 9.47. The minimum absolute atomic E-state index is 0.290. The Kier molecular flexibility index (Phi) is 1.90. The Morgan fingerprint density at radius 3 is 2.77 bits per heavy atom. The van der Waals surface area contributed by atoms with Gasteiger partial charge in [0.15, 0.2) is 6.29 Å². The Hall–Kier alpha value is -0.860. The van der Waals surface area contributed by atoms with Gasteiger partial charge in [0, 0.05) is 11.1 Å². The summed E-state index contributed by atoms with van der Waals surface area (Å²) in [6.45, 7) is 0. The first kappa shape index (κ1) is 8.73. The van der Waals surface area contributed by atoms with Gasteiger partial charge in [-0.3, -0.25) is 4.79 Å². The van der Waals surface area contributed by atoms with Crippen molar-refractivity contribution in [3.63, 3.8) is 0 Å². The van der Waals surface area contributed by atoms with Gasteiger partial charge in [-0.2, -0.15) is 0 Å². The molecule has 13 heavy (non-hydrogen) atoms. The summed E-state index contributed by atoms with van der Waals surface area (Å²) in [7, 11) is 0. The van der Waals surface area contributed by atoms with Gasteiger partial charge in [-0.05, 0) is 0 Å². The number of fused-ring (bicyclic) bond motifs is 1. The molecule has 1 aromatic rings. The largest absolute Gasteiger partial charge is 0.299 e. The van der Waals surface area contributed by atoms with Gasteiger partial charge in [0.1, 0.15) is 5.17 Å². The maximum absolute atomic E-state index is 10.7. The van der Waals surface area contributed by atoms with E-state index in [-0.39, 0.29) is 5.17 Å². The lowest BCUT2D eigenvalue weighted by Crippen LogP contribution is -2.14. The molecule has 4 heteroatoms. The van der Waals surface area contributed by atoms with E-state index in [4.69, 9.17) is 23.2 Å². The third kappa shape index (κ3) is 1.18. The lowest BCUT2D eigenvalue weighted by Gasteiger charge is -2.10. The number of carbonyl (C=O) groups excluding carboxylic acids is 1. The number of aldehydes is 1. The number of halogens is 2. The van der Waals surface area contributed by atoms with Crippen LogP contribution in [0.25, 0.3) is 0 Å². The SMILES string of the molecule is O=CC1(Cl)N=C(Cl)c2ccccc21. The van der Waals surface area contributed by atoms with E-state index in [9.17, 15) is 4.79 Å². The molecule has 0 radical (unpaired) electrons. The van der Waals surface area contributed by atoms with Crippen LogP contribution in [0.15, 0.2) is 29.3 Å². The summed E-state index contributed by atoms with van der Waals surface area (Å²) >= 11 is 11.8. The van der Waals surface area contributed by atoms with Crippen LogP contribution < -0.4 is 0 Å². The third-order valence-corrected chi connectivity index (χ3v) is 2.61. The van der Waals surface area contributed by atoms with E-state index >= 15 is 0 Å². The maximum Gasteiger partial charge on any atom is 0.216 e. The molecule has 2 nitrogen and oxygen atoms in total. The number of aliphatic imine (C=N–C) groups is 1. The number of carbonyl (C=O) groups is 1. The number of hydrogen-bond acceptors (Lipinski definition) is 2. The predicted molar refractivity (Wildman–Crippen MR) is 52.4 cm³/mol. The number of alkyl halides is 1. The number of nitrogens with zero attached hydrogens (tertiary/aromatic N) is 1. The van der Waals surface area contributed by atoms with Crippen molar-refractivity contribution in [2.75, 3.05) is 0 Å². The molecule has 0 bridgehead atoms. The van der Waals surface area contributed by atoms with Crippen LogP contribution in [0.5, 0.6) is 0 Å². The minimum atomic E-state index is -1.31. The van der Waals surface area contributed by atoms with Crippen LogP contribution in [0.1, 0.15) is 11.1 Å². The monoisotopic (exact) mass is 213 g/mol. The molecular formula is C9H5Cl2NO. The van der Waals surface area contributed by atoms with Crippen molar-refractivity contribution < 1.29 is 4.79 Å². The number of benzene rings is 1. The predicted octanol–water partition coefficient (Wildman–Crippen LogP) is 2.28. The first-order valence-electron chi connectivity index (χ1n) is 3.68. The highest BCUT2D eigenvalue weighted by Gasteiger charge is 2.37. The van der Waals surface area contributed by atoms with Crippen LogP contribution in [-0.4, -0.2) is 11.5 Å². The third-order valence-electron chi connectivity index (χ3n) is 1.94. The highest BCUT2D eigenvalue weighted by atomic mass is 35.5. The molecule has 1 atom stereocenters. The first-order valence-corrected chi connectivity index (χ1v) is 4.43. The Morgan fingerprint density at radius 2 is 2.08 bits per heavy atom. The average Bonchev–Trinajstić information content (AvgIpc) is 2.42. The Morgan fingerprint density at radius 1 is 1.38 bits per heavy atom. The normalized spacial score (nSPS) is 25.2. The second-order valence-corrected chi connectivity index (χ2v) is 3.67. The molecule has 1 aliphatic rings. The van der Waals surface area contributed by atoms with E-state index in [1.807, 2.05) is 6.07 Å². The molecule has 1 unspecified atom stereocenters. The van der Waals surface area contributed by atoms with Crippen molar-refractivity contribution in [1.29, 1.82) is 0 Å². The summed E-state index contributed by atoms with van der Waals surface area (Å²) in [5.41, 5.74) is 1.38. The zero-order valence-electron chi connectivity index (χ0n) is 6.50. The van der Waals surface area contributed by atoms with Gasteiger partial charge in [0.25, 0.3) is 0 Å². The summed E-state index contributed by atoms with van der Waals surface area (Å²) in [6.07, 6.45) is 0.586. The highest BCUT2D eigenvalue weighted by molar-refractivity contribution is 6.71. The highest BCUT2D eigenvalue weighted by Crippen LogP contribution is 2.38. The van der Waals surface area contributed by atoms with Crippen LogP contribution in [0.2, 0.25) is 0 Å². The van der Waals surface area contributed by atoms with Crippen molar-refractivity contribution in [2.45, 2.75) is 5.00 Å². The van der Waals surface area contributed by atoms with Gasteiger partial charge >= 0.3 is 0 Å². The fourth-order valence-electron chi connectivity index (χ4n) is 1.32. The molecule has 0 spiro atoms. The van der Waals surface area contributed by atoms with Gasteiger partial charge < -0.3 is 0 Å². The molecule has 0 amide bonds. The molecule has 0 aliphatic carbocycles. The quantitative estimate of drug-likeness (QED) is 0.400. The van der Waals surface area contributed by atoms with Gasteiger partial charge in [-0.15, -0.1) is 0 Å².